The van der Waals surface area contributed by atoms with Crippen molar-refractivity contribution in [3.8, 4) is 11.1 Å². The Morgan fingerprint density at radius 3 is 1.91 bits per heavy atom. The molecule has 2 nitrogen and oxygen atoms in total. The van der Waals surface area contributed by atoms with E-state index in [9.17, 15) is 9.90 Å². The van der Waals surface area contributed by atoms with E-state index >= 15 is 0 Å². The first-order chi connectivity index (χ1) is 10.3. The van der Waals surface area contributed by atoms with Crippen LogP contribution in [0, 0.1) is 6.92 Å². The normalized spacial score (nSPS) is 11.2. The van der Waals surface area contributed by atoms with Gasteiger partial charge >= 0.3 is 5.97 Å². The Morgan fingerprint density at radius 2 is 1.45 bits per heavy atom. The fourth-order valence-corrected chi connectivity index (χ4v) is 2.56. The number of rotatable bonds is 4. The first-order valence-corrected chi connectivity index (χ1v) is 7.78. The van der Waals surface area contributed by atoms with Crippen molar-refractivity contribution in [2.24, 2.45) is 0 Å². The molecule has 2 rings (SSSR count). The third-order valence-electron chi connectivity index (χ3n) is 4.11. The summed E-state index contributed by atoms with van der Waals surface area (Å²) in [4.78, 5) is 11.2. The van der Waals surface area contributed by atoms with Gasteiger partial charge in [-0.1, -0.05) is 52.0 Å². The Hall–Kier alpha value is -2.09. The second kappa shape index (κ2) is 6.35. The molecule has 0 aliphatic heterocycles. The van der Waals surface area contributed by atoms with Crippen LogP contribution in [0.4, 0.5) is 0 Å². The second-order valence-electron chi connectivity index (χ2n) is 6.53. The Bertz CT molecular complexity index is 671. The summed E-state index contributed by atoms with van der Waals surface area (Å²) in [5, 5.41) is 9.23. The zero-order valence-electron chi connectivity index (χ0n) is 14.0. The van der Waals surface area contributed by atoms with Crippen LogP contribution in [0.2, 0.25) is 0 Å². The number of hydrogen-bond donors (Lipinski definition) is 1. The van der Waals surface area contributed by atoms with Crippen LogP contribution in [0.3, 0.4) is 0 Å². The van der Waals surface area contributed by atoms with Crippen molar-refractivity contribution >= 4 is 5.97 Å². The molecule has 0 bridgehead atoms. The molecule has 0 spiro atoms. The van der Waals surface area contributed by atoms with E-state index in [0.29, 0.717) is 17.4 Å². The Kier molecular flexibility index (Phi) is 4.70. The molecule has 0 aliphatic carbocycles. The third-order valence-corrected chi connectivity index (χ3v) is 4.11. The zero-order chi connectivity index (χ0) is 16.4. The van der Waals surface area contributed by atoms with Gasteiger partial charge in [0.2, 0.25) is 0 Å². The third kappa shape index (κ3) is 3.38. The zero-order valence-corrected chi connectivity index (χ0v) is 14.0. The average molecular weight is 296 g/mol. The first kappa shape index (κ1) is 16.3. The summed E-state index contributed by atoms with van der Waals surface area (Å²) in [7, 11) is 0. The summed E-state index contributed by atoms with van der Waals surface area (Å²) in [6.07, 6.45) is 0. The standard InChI is InChI=1S/C20H24O2/c1-12(2)16-8-17(13(3)4)10-18(9-16)19-11-15(20(21)22)7-6-14(19)5/h6-13H,1-5H3,(H,21,22). The van der Waals surface area contributed by atoms with E-state index in [4.69, 9.17) is 0 Å². The van der Waals surface area contributed by atoms with Crippen molar-refractivity contribution < 1.29 is 9.90 Å². The fraction of sp³-hybridized carbons (Fsp3) is 0.350. The molecule has 0 aromatic heterocycles. The van der Waals surface area contributed by atoms with Crippen LogP contribution in [0.1, 0.15) is 66.6 Å². The number of carboxylic acids is 1. The molecule has 0 saturated carbocycles. The van der Waals surface area contributed by atoms with Crippen molar-refractivity contribution in [2.45, 2.75) is 46.5 Å². The number of aryl methyl sites for hydroxylation is 1. The van der Waals surface area contributed by atoms with Gasteiger partial charge in [0.15, 0.2) is 0 Å². The van der Waals surface area contributed by atoms with Gasteiger partial charge in [-0.3, -0.25) is 0 Å². The maximum absolute atomic E-state index is 11.2. The molecule has 0 heterocycles. The highest BCUT2D eigenvalue weighted by atomic mass is 16.4. The van der Waals surface area contributed by atoms with Crippen LogP contribution in [0.25, 0.3) is 11.1 Å². The molecule has 0 aliphatic rings. The van der Waals surface area contributed by atoms with Crippen LogP contribution in [0.5, 0.6) is 0 Å². The minimum atomic E-state index is -0.884. The van der Waals surface area contributed by atoms with Gasteiger partial charge in [-0.05, 0) is 58.7 Å². The molecule has 0 fully saturated rings. The Labute approximate surface area is 132 Å². The highest BCUT2D eigenvalue weighted by Gasteiger charge is 2.12. The minimum Gasteiger partial charge on any atom is -0.478 e. The summed E-state index contributed by atoms with van der Waals surface area (Å²) in [6, 6.07) is 12.0. The number of benzene rings is 2. The van der Waals surface area contributed by atoms with Gasteiger partial charge in [-0.25, -0.2) is 4.79 Å². The number of carbonyl (C=O) groups is 1. The van der Waals surface area contributed by atoms with Crippen molar-refractivity contribution in [3.63, 3.8) is 0 Å². The summed E-state index contributed by atoms with van der Waals surface area (Å²) in [5.41, 5.74) is 6.13. The van der Waals surface area contributed by atoms with Crippen molar-refractivity contribution in [2.75, 3.05) is 0 Å². The largest absolute Gasteiger partial charge is 0.478 e. The fourth-order valence-electron chi connectivity index (χ4n) is 2.56. The van der Waals surface area contributed by atoms with Crippen LogP contribution >= 0.6 is 0 Å². The van der Waals surface area contributed by atoms with Gasteiger partial charge in [0.25, 0.3) is 0 Å². The van der Waals surface area contributed by atoms with E-state index in [1.54, 1.807) is 12.1 Å². The summed E-state index contributed by atoms with van der Waals surface area (Å²) in [5.74, 6) is 0.00572. The number of hydrogen-bond acceptors (Lipinski definition) is 1. The van der Waals surface area contributed by atoms with Gasteiger partial charge < -0.3 is 5.11 Å². The molecule has 0 amide bonds. The molecule has 2 aromatic carbocycles. The molecular weight excluding hydrogens is 272 g/mol. The maximum atomic E-state index is 11.2. The first-order valence-electron chi connectivity index (χ1n) is 7.78. The van der Waals surface area contributed by atoms with Crippen LogP contribution < -0.4 is 0 Å². The predicted molar refractivity (Wildman–Crippen MR) is 91.8 cm³/mol. The second-order valence-corrected chi connectivity index (χ2v) is 6.53. The molecule has 1 N–H and O–H groups in total. The van der Waals surface area contributed by atoms with Gasteiger partial charge in [0.05, 0.1) is 5.56 Å². The Balaban J connectivity index is 2.65. The summed E-state index contributed by atoms with van der Waals surface area (Å²) in [6.45, 7) is 10.8. The molecule has 116 valence electrons. The quantitative estimate of drug-likeness (QED) is 0.796. The van der Waals surface area contributed by atoms with E-state index in [1.807, 2.05) is 13.0 Å². The monoisotopic (exact) mass is 296 g/mol. The highest BCUT2D eigenvalue weighted by Crippen LogP contribution is 2.31. The van der Waals surface area contributed by atoms with E-state index < -0.39 is 5.97 Å². The molecule has 0 atom stereocenters. The summed E-state index contributed by atoms with van der Waals surface area (Å²) >= 11 is 0. The number of aromatic carboxylic acids is 1. The van der Waals surface area contributed by atoms with E-state index in [-0.39, 0.29) is 0 Å². The maximum Gasteiger partial charge on any atom is 0.335 e. The molecular formula is C20H24O2. The molecule has 2 heteroatoms. The lowest BCUT2D eigenvalue weighted by molar-refractivity contribution is 0.0697. The highest BCUT2D eigenvalue weighted by molar-refractivity contribution is 5.90. The van der Waals surface area contributed by atoms with E-state index in [2.05, 4.69) is 45.9 Å². The van der Waals surface area contributed by atoms with Crippen LogP contribution in [0.15, 0.2) is 36.4 Å². The average Bonchev–Trinajstić information content (AvgIpc) is 2.46. The van der Waals surface area contributed by atoms with Crippen LogP contribution in [-0.2, 0) is 0 Å². The SMILES string of the molecule is Cc1ccc(C(=O)O)cc1-c1cc(C(C)C)cc(C(C)C)c1. The minimum absolute atomic E-state index is 0.335. The topological polar surface area (TPSA) is 37.3 Å². The van der Waals surface area contributed by atoms with Gasteiger partial charge in [-0.15, -0.1) is 0 Å². The van der Waals surface area contributed by atoms with Crippen molar-refractivity contribution in [1.29, 1.82) is 0 Å². The van der Waals surface area contributed by atoms with Crippen molar-refractivity contribution in [1.82, 2.24) is 0 Å². The van der Waals surface area contributed by atoms with Gasteiger partial charge in [0, 0.05) is 0 Å². The van der Waals surface area contributed by atoms with E-state index in [1.165, 1.54) is 11.1 Å². The molecule has 0 saturated heterocycles. The van der Waals surface area contributed by atoms with Gasteiger partial charge in [0.1, 0.15) is 0 Å². The smallest absolute Gasteiger partial charge is 0.335 e. The number of carboxylic acid groups (broad SMARTS) is 1. The van der Waals surface area contributed by atoms with E-state index in [0.717, 1.165) is 16.7 Å². The van der Waals surface area contributed by atoms with Crippen molar-refractivity contribution in [3.05, 3.63) is 58.7 Å². The lowest BCUT2D eigenvalue weighted by atomic mass is 9.89. The lowest BCUT2D eigenvalue weighted by Gasteiger charge is -2.16. The molecule has 2 aromatic rings. The molecule has 22 heavy (non-hydrogen) atoms. The Morgan fingerprint density at radius 1 is 0.909 bits per heavy atom. The lowest BCUT2D eigenvalue weighted by Crippen LogP contribution is -1.99. The molecule has 0 radical (unpaired) electrons. The molecule has 0 unspecified atom stereocenters. The predicted octanol–water partition coefficient (Wildman–Crippen LogP) is 5.61. The summed E-state index contributed by atoms with van der Waals surface area (Å²) < 4.78 is 0. The van der Waals surface area contributed by atoms with Gasteiger partial charge in [-0.2, -0.15) is 0 Å². The van der Waals surface area contributed by atoms with Crippen LogP contribution in [-0.4, -0.2) is 11.1 Å².